The van der Waals surface area contributed by atoms with Crippen molar-refractivity contribution in [2.75, 3.05) is 25.1 Å². The van der Waals surface area contributed by atoms with Crippen molar-refractivity contribution >= 4 is 17.3 Å². The van der Waals surface area contributed by atoms with Gasteiger partial charge in [-0.2, -0.15) is 0 Å². The Morgan fingerprint density at radius 1 is 1.55 bits per heavy atom. The van der Waals surface area contributed by atoms with E-state index >= 15 is 0 Å². The summed E-state index contributed by atoms with van der Waals surface area (Å²) in [6.07, 6.45) is 0. The predicted octanol–water partition coefficient (Wildman–Crippen LogP) is 2.30. The summed E-state index contributed by atoms with van der Waals surface area (Å²) >= 11 is 0. The fraction of sp³-hybridized carbons (Fsp3) is 0.308. The number of nitro groups is 1. The van der Waals surface area contributed by atoms with E-state index in [2.05, 4.69) is 11.9 Å². The fourth-order valence-electron chi connectivity index (χ4n) is 1.48. The van der Waals surface area contributed by atoms with Crippen LogP contribution in [0.25, 0.3) is 0 Å². The average molecular weight is 280 g/mol. The molecule has 7 nitrogen and oxygen atoms in total. The van der Waals surface area contributed by atoms with Crippen molar-refractivity contribution in [1.82, 2.24) is 0 Å². The molecule has 2 N–H and O–H groups in total. The molecule has 1 rings (SSSR count). The van der Waals surface area contributed by atoms with Gasteiger partial charge in [0.2, 0.25) is 0 Å². The third kappa shape index (κ3) is 4.69. The van der Waals surface area contributed by atoms with Gasteiger partial charge in [-0.25, -0.2) is 4.79 Å². The highest BCUT2D eigenvalue weighted by Crippen LogP contribution is 2.22. The molecule has 0 bridgehead atoms. The van der Waals surface area contributed by atoms with Crippen LogP contribution in [-0.4, -0.2) is 35.8 Å². The van der Waals surface area contributed by atoms with Crippen LogP contribution in [0.15, 0.2) is 30.4 Å². The number of carbonyl (C=O) groups is 1. The van der Waals surface area contributed by atoms with Gasteiger partial charge >= 0.3 is 5.97 Å². The molecule has 0 fully saturated rings. The summed E-state index contributed by atoms with van der Waals surface area (Å²) in [4.78, 5) is 21.1. The summed E-state index contributed by atoms with van der Waals surface area (Å²) < 4.78 is 5.26. The summed E-state index contributed by atoms with van der Waals surface area (Å²) in [5.74, 6) is -1.22. The van der Waals surface area contributed by atoms with E-state index in [0.717, 1.165) is 11.6 Å². The minimum atomic E-state index is -1.22. The van der Waals surface area contributed by atoms with E-state index in [1.54, 1.807) is 0 Å². The van der Waals surface area contributed by atoms with Gasteiger partial charge in [0.05, 0.1) is 23.7 Å². The minimum absolute atomic E-state index is 0.140. The van der Waals surface area contributed by atoms with Crippen molar-refractivity contribution in [3.05, 3.63) is 46.0 Å². The van der Waals surface area contributed by atoms with Crippen LogP contribution in [0.5, 0.6) is 0 Å². The fourth-order valence-corrected chi connectivity index (χ4v) is 1.48. The van der Waals surface area contributed by atoms with Crippen LogP contribution in [0.1, 0.15) is 17.3 Å². The molecule has 0 spiro atoms. The number of nitrogens with zero attached hydrogens (tertiary/aromatic N) is 1. The second-order valence-corrected chi connectivity index (χ2v) is 4.23. The van der Waals surface area contributed by atoms with E-state index in [4.69, 9.17) is 9.84 Å². The van der Waals surface area contributed by atoms with Crippen LogP contribution in [0.4, 0.5) is 11.4 Å². The van der Waals surface area contributed by atoms with Gasteiger partial charge in [-0.05, 0) is 13.0 Å². The number of nitrogens with one attached hydrogen (secondary N) is 1. The summed E-state index contributed by atoms with van der Waals surface area (Å²) in [5, 5.41) is 22.5. The van der Waals surface area contributed by atoms with Crippen LogP contribution < -0.4 is 5.32 Å². The lowest BCUT2D eigenvalue weighted by Gasteiger charge is -2.10. The Morgan fingerprint density at radius 2 is 2.25 bits per heavy atom. The van der Waals surface area contributed by atoms with Crippen LogP contribution >= 0.6 is 0 Å². The van der Waals surface area contributed by atoms with Crippen molar-refractivity contribution in [3.8, 4) is 0 Å². The zero-order chi connectivity index (χ0) is 15.1. The summed E-state index contributed by atoms with van der Waals surface area (Å²) in [6, 6.07) is 3.66. The summed E-state index contributed by atoms with van der Waals surface area (Å²) in [5.41, 5.74) is 0.819. The van der Waals surface area contributed by atoms with Crippen LogP contribution in [0.3, 0.4) is 0 Å². The molecule has 0 heterocycles. The third-order valence-corrected chi connectivity index (χ3v) is 2.35. The first-order valence-electron chi connectivity index (χ1n) is 5.89. The zero-order valence-electron chi connectivity index (χ0n) is 11.1. The van der Waals surface area contributed by atoms with Gasteiger partial charge < -0.3 is 15.2 Å². The molecule has 0 atom stereocenters. The molecule has 0 radical (unpaired) electrons. The number of rotatable bonds is 8. The minimum Gasteiger partial charge on any atom is -0.478 e. The maximum absolute atomic E-state index is 11.1. The highest BCUT2D eigenvalue weighted by Gasteiger charge is 2.15. The second-order valence-electron chi connectivity index (χ2n) is 4.23. The molecule has 0 aliphatic heterocycles. The molecule has 0 aromatic heterocycles. The van der Waals surface area contributed by atoms with Gasteiger partial charge in [-0.1, -0.05) is 12.2 Å². The quantitative estimate of drug-likeness (QED) is 0.328. The molecule has 0 saturated carbocycles. The first-order chi connectivity index (χ1) is 9.41. The standard InChI is InChI=1S/C13H16N2O5/c1-9(2)8-20-6-5-14-12-4-3-10(15(18)19)7-11(12)13(16)17/h3-4,7,14H,1,5-6,8H2,2H3,(H,16,17). The molecule has 0 aliphatic carbocycles. The Bertz CT molecular complexity index is 527. The van der Waals surface area contributed by atoms with Crippen LogP contribution in [0.2, 0.25) is 0 Å². The van der Waals surface area contributed by atoms with E-state index < -0.39 is 10.9 Å². The van der Waals surface area contributed by atoms with E-state index in [9.17, 15) is 14.9 Å². The Labute approximate surface area is 116 Å². The average Bonchev–Trinajstić information content (AvgIpc) is 2.37. The van der Waals surface area contributed by atoms with E-state index in [1.807, 2.05) is 6.92 Å². The highest BCUT2D eigenvalue weighted by molar-refractivity contribution is 5.95. The second kappa shape index (κ2) is 7.25. The molecule has 0 aliphatic rings. The number of non-ortho nitro benzene ring substituents is 1. The monoisotopic (exact) mass is 280 g/mol. The molecule has 7 heteroatoms. The lowest BCUT2D eigenvalue weighted by atomic mass is 10.1. The van der Waals surface area contributed by atoms with Gasteiger partial charge in [0.1, 0.15) is 0 Å². The Balaban J connectivity index is 2.67. The number of aromatic carboxylic acids is 1. The van der Waals surface area contributed by atoms with Crippen molar-refractivity contribution in [2.24, 2.45) is 0 Å². The SMILES string of the molecule is C=C(C)COCCNc1ccc([N+](=O)[O-])cc1C(=O)O. The number of anilines is 1. The Morgan fingerprint density at radius 3 is 2.80 bits per heavy atom. The lowest BCUT2D eigenvalue weighted by molar-refractivity contribution is -0.384. The van der Waals surface area contributed by atoms with Gasteiger partial charge in [-0.3, -0.25) is 10.1 Å². The topological polar surface area (TPSA) is 102 Å². The Hall–Kier alpha value is -2.41. The van der Waals surface area contributed by atoms with Gasteiger partial charge in [0.15, 0.2) is 0 Å². The highest BCUT2D eigenvalue weighted by atomic mass is 16.6. The lowest BCUT2D eigenvalue weighted by Crippen LogP contribution is -2.13. The van der Waals surface area contributed by atoms with Crippen molar-refractivity contribution < 1.29 is 19.6 Å². The van der Waals surface area contributed by atoms with Crippen molar-refractivity contribution in [1.29, 1.82) is 0 Å². The molecule has 0 unspecified atom stereocenters. The third-order valence-electron chi connectivity index (χ3n) is 2.35. The molecular formula is C13H16N2O5. The number of carboxylic acids is 1. The van der Waals surface area contributed by atoms with E-state index in [-0.39, 0.29) is 11.3 Å². The van der Waals surface area contributed by atoms with Crippen LogP contribution in [-0.2, 0) is 4.74 Å². The zero-order valence-corrected chi connectivity index (χ0v) is 11.1. The molecule has 0 saturated heterocycles. The number of hydrogen-bond donors (Lipinski definition) is 2. The first-order valence-corrected chi connectivity index (χ1v) is 5.89. The largest absolute Gasteiger partial charge is 0.478 e. The normalized spacial score (nSPS) is 10.1. The summed E-state index contributed by atoms with van der Waals surface area (Å²) in [6.45, 7) is 6.74. The molecule has 108 valence electrons. The predicted molar refractivity (Wildman–Crippen MR) is 74.2 cm³/mol. The first kappa shape index (κ1) is 15.6. The molecule has 1 aromatic rings. The van der Waals surface area contributed by atoms with E-state index in [1.165, 1.54) is 12.1 Å². The maximum Gasteiger partial charge on any atom is 0.338 e. The molecular weight excluding hydrogens is 264 g/mol. The van der Waals surface area contributed by atoms with Gasteiger partial charge in [0.25, 0.3) is 5.69 Å². The van der Waals surface area contributed by atoms with Gasteiger partial charge in [0, 0.05) is 24.4 Å². The molecule has 1 aromatic carbocycles. The number of nitro benzene ring substituents is 1. The summed E-state index contributed by atoms with van der Waals surface area (Å²) in [7, 11) is 0. The maximum atomic E-state index is 11.1. The smallest absolute Gasteiger partial charge is 0.338 e. The Kier molecular flexibility index (Phi) is 5.67. The molecule has 0 amide bonds. The van der Waals surface area contributed by atoms with Crippen molar-refractivity contribution in [2.45, 2.75) is 6.92 Å². The number of hydrogen-bond acceptors (Lipinski definition) is 5. The van der Waals surface area contributed by atoms with Crippen molar-refractivity contribution in [3.63, 3.8) is 0 Å². The van der Waals surface area contributed by atoms with Gasteiger partial charge in [-0.15, -0.1) is 0 Å². The van der Waals surface area contributed by atoms with E-state index in [0.29, 0.717) is 25.4 Å². The number of benzene rings is 1. The molecule has 20 heavy (non-hydrogen) atoms. The number of ether oxygens (including phenoxy) is 1. The number of carboxylic acid groups (broad SMARTS) is 1. The van der Waals surface area contributed by atoms with Crippen LogP contribution in [0, 0.1) is 10.1 Å².